The lowest BCUT2D eigenvalue weighted by Gasteiger charge is -2.14. The Hall–Kier alpha value is -6.42. The van der Waals surface area contributed by atoms with E-state index in [9.17, 15) is 0 Å². The minimum absolute atomic E-state index is 1.15. The van der Waals surface area contributed by atoms with E-state index in [-0.39, 0.29) is 0 Å². The van der Waals surface area contributed by atoms with Gasteiger partial charge in [-0.05, 0) is 82.9 Å². The quantitative estimate of drug-likeness (QED) is 0.177. The van der Waals surface area contributed by atoms with E-state index in [4.69, 9.17) is 0 Å². The van der Waals surface area contributed by atoms with Gasteiger partial charge in [-0.25, -0.2) is 0 Å². The average Bonchev–Trinajstić information content (AvgIpc) is 3.85. The van der Waals surface area contributed by atoms with Crippen molar-refractivity contribution in [1.82, 2.24) is 9.13 Å². The molecule has 0 N–H and O–H groups in total. The van der Waals surface area contributed by atoms with Crippen LogP contribution < -0.4 is 0 Å². The molecule has 51 heavy (non-hydrogen) atoms. The molecule has 0 saturated heterocycles. The SMILES string of the molecule is c1ccc(-c2cc(-c3ccccc3)cc(-n3c4ccccc4c4cc5c6c7sc8ccccc8c7ccc6n(-c6ccccc6)c5cc43)c2)cc1. The van der Waals surface area contributed by atoms with Crippen molar-refractivity contribution in [2.45, 2.75) is 0 Å². The Labute approximate surface area is 298 Å². The van der Waals surface area contributed by atoms with Crippen molar-refractivity contribution in [3.05, 3.63) is 182 Å². The molecule has 11 aromatic rings. The second-order valence-corrected chi connectivity index (χ2v) is 14.4. The molecule has 0 unspecified atom stereocenters. The normalized spacial score (nSPS) is 11.9. The molecule has 0 saturated carbocycles. The molecule has 0 aliphatic rings. The van der Waals surface area contributed by atoms with E-state index in [1.807, 2.05) is 11.3 Å². The van der Waals surface area contributed by atoms with Crippen molar-refractivity contribution in [2.24, 2.45) is 0 Å². The molecule has 0 bridgehead atoms. The van der Waals surface area contributed by atoms with Gasteiger partial charge in [0.25, 0.3) is 0 Å². The molecule has 0 fully saturated rings. The molecule has 0 radical (unpaired) electrons. The lowest BCUT2D eigenvalue weighted by atomic mass is 9.98. The maximum Gasteiger partial charge on any atom is 0.0562 e. The van der Waals surface area contributed by atoms with Gasteiger partial charge < -0.3 is 9.13 Å². The first kappa shape index (κ1) is 28.4. The molecule has 3 heterocycles. The predicted octanol–water partition coefficient (Wildman–Crippen LogP) is 13.6. The lowest BCUT2D eigenvalue weighted by Crippen LogP contribution is -1.97. The summed E-state index contributed by atoms with van der Waals surface area (Å²) in [4.78, 5) is 0. The van der Waals surface area contributed by atoms with Crippen LogP contribution in [0.25, 0.3) is 97.4 Å². The molecule has 0 atom stereocenters. The van der Waals surface area contributed by atoms with Crippen LogP contribution in [0.5, 0.6) is 0 Å². The van der Waals surface area contributed by atoms with E-state index in [0.717, 1.165) is 11.4 Å². The second-order valence-electron chi connectivity index (χ2n) is 13.3. The molecule has 3 aromatic heterocycles. The van der Waals surface area contributed by atoms with Crippen molar-refractivity contribution >= 4 is 75.1 Å². The van der Waals surface area contributed by atoms with E-state index in [1.54, 1.807) is 0 Å². The highest BCUT2D eigenvalue weighted by molar-refractivity contribution is 7.26. The van der Waals surface area contributed by atoms with Gasteiger partial charge in [-0.1, -0.05) is 121 Å². The number of aromatic nitrogens is 2. The highest BCUT2D eigenvalue weighted by atomic mass is 32.1. The molecule has 2 nitrogen and oxygen atoms in total. The molecule has 0 amide bonds. The first-order valence-electron chi connectivity index (χ1n) is 17.4. The topological polar surface area (TPSA) is 9.86 Å². The fraction of sp³-hybridized carbons (Fsp3) is 0. The highest BCUT2D eigenvalue weighted by Gasteiger charge is 2.21. The zero-order chi connectivity index (χ0) is 33.5. The Bertz CT molecular complexity index is 3050. The summed E-state index contributed by atoms with van der Waals surface area (Å²) in [6.45, 7) is 0. The Kier molecular flexibility index (Phi) is 6.16. The first-order chi connectivity index (χ1) is 25.3. The lowest BCUT2D eigenvalue weighted by molar-refractivity contribution is 1.17. The predicted molar refractivity (Wildman–Crippen MR) is 219 cm³/mol. The van der Waals surface area contributed by atoms with Gasteiger partial charge in [0.05, 0.1) is 22.1 Å². The van der Waals surface area contributed by atoms with Gasteiger partial charge in [0.1, 0.15) is 0 Å². The van der Waals surface area contributed by atoms with Gasteiger partial charge in [0, 0.05) is 53.1 Å². The van der Waals surface area contributed by atoms with E-state index in [1.165, 1.54) is 86.0 Å². The highest BCUT2D eigenvalue weighted by Crippen LogP contribution is 2.46. The van der Waals surface area contributed by atoms with Crippen LogP contribution in [0.1, 0.15) is 0 Å². The Morgan fingerprint density at radius 3 is 1.63 bits per heavy atom. The fourth-order valence-corrected chi connectivity index (χ4v) is 9.47. The summed E-state index contributed by atoms with van der Waals surface area (Å²) in [6.07, 6.45) is 0. The Morgan fingerprint density at radius 2 is 0.902 bits per heavy atom. The molecule has 0 aliphatic heterocycles. The minimum atomic E-state index is 1.15. The molecule has 0 spiro atoms. The van der Waals surface area contributed by atoms with Gasteiger partial charge in [-0.15, -0.1) is 11.3 Å². The zero-order valence-electron chi connectivity index (χ0n) is 27.6. The van der Waals surface area contributed by atoms with Gasteiger partial charge in [0.15, 0.2) is 0 Å². The van der Waals surface area contributed by atoms with Gasteiger partial charge in [-0.3, -0.25) is 0 Å². The summed E-state index contributed by atoms with van der Waals surface area (Å²) in [5, 5.41) is 7.77. The average molecular weight is 667 g/mol. The number of thiophene rings is 1. The number of hydrogen-bond donors (Lipinski definition) is 0. The largest absolute Gasteiger partial charge is 0.309 e. The van der Waals surface area contributed by atoms with E-state index in [2.05, 4.69) is 191 Å². The molecule has 8 aromatic carbocycles. The standard InChI is InChI=1S/C48H30N2S/c1-4-14-31(15-5-1)33-26-34(32-16-6-2-7-17-32)28-36(27-33)50-42-22-12-10-20-37(42)40-29-41-45(30-44(40)50)49(35-18-8-3-9-19-35)43-25-24-39-38-21-11-13-23-46(38)51-48(39)47(41)43/h1-30H. The molecule has 11 rings (SSSR count). The van der Waals surface area contributed by atoms with Crippen molar-refractivity contribution in [2.75, 3.05) is 0 Å². The Balaban J connectivity index is 1.29. The second kappa shape index (κ2) is 11.0. The molecule has 0 aliphatic carbocycles. The summed E-state index contributed by atoms with van der Waals surface area (Å²) < 4.78 is 7.61. The van der Waals surface area contributed by atoms with Crippen LogP contribution in [0.4, 0.5) is 0 Å². The van der Waals surface area contributed by atoms with Crippen LogP contribution in [-0.2, 0) is 0 Å². The smallest absolute Gasteiger partial charge is 0.0562 e. The van der Waals surface area contributed by atoms with Crippen molar-refractivity contribution in [1.29, 1.82) is 0 Å². The number of fused-ring (bicyclic) bond motifs is 10. The fourth-order valence-electron chi connectivity index (χ4n) is 8.21. The number of nitrogens with zero attached hydrogens (tertiary/aromatic N) is 2. The van der Waals surface area contributed by atoms with Crippen LogP contribution >= 0.6 is 11.3 Å². The van der Waals surface area contributed by atoms with Gasteiger partial charge in [-0.2, -0.15) is 0 Å². The maximum atomic E-state index is 2.48. The van der Waals surface area contributed by atoms with E-state index >= 15 is 0 Å². The van der Waals surface area contributed by atoms with E-state index in [0.29, 0.717) is 0 Å². The van der Waals surface area contributed by atoms with Gasteiger partial charge >= 0.3 is 0 Å². The van der Waals surface area contributed by atoms with Crippen LogP contribution in [0.15, 0.2) is 182 Å². The number of para-hydroxylation sites is 2. The monoisotopic (exact) mass is 666 g/mol. The third kappa shape index (κ3) is 4.29. The summed E-state index contributed by atoms with van der Waals surface area (Å²) in [6, 6.07) is 66.6. The summed E-state index contributed by atoms with van der Waals surface area (Å²) in [5.74, 6) is 0. The Morgan fingerprint density at radius 1 is 0.314 bits per heavy atom. The minimum Gasteiger partial charge on any atom is -0.309 e. The van der Waals surface area contributed by atoms with Crippen LogP contribution in [0, 0.1) is 0 Å². The third-order valence-electron chi connectivity index (χ3n) is 10.5. The summed E-state index contributed by atoms with van der Waals surface area (Å²) >= 11 is 1.91. The number of hydrogen-bond acceptors (Lipinski definition) is 1. The van der Waals surface area contributed by atoms with Crippen molar-refractivity contribution in [3.8, 4) is 33.6 Å². The molecule has 238 valence electrons. The summed E-state index contributed by atoms with van der Waals surface area (Å²) in [5.41, 5.74) is 12.0. The first-order valence-corrected chi connectivity index (χ1v) is 18.3. The summed E-state index contributed by atoms with van der Waals surface area (Å²) in [7, 11) is 0. The van der Waals surface area contributed by atoms with Crippen molar-refractivity contribution in [3.63, 3.8) is 0 Å². The van der Waals surface area contributed by atoms with Crippen molar-refractivity contribution < 1.29 is 0 Å². The molecular weight excluding hydrogens is 637 g/mol. The van der Waals surface area contributed by atoms with Crippen LogP contribution in [0.3, 0.4) is 0 Å². The zero-order valence-corrected chi connectivity index (χ0v) is 28.4. The van der Waals surface area contributed by atoms with Gasteiger partial charge in [0.2, 0.25) is 0 Å². The molecular formula is C48H30N2S. The van der Waals surface area contributed by atoms with Crippen LogP contribution in [-0.4, -0.2) is 9.13 Å². The molecule has 3 heteroatoms. The van der Waals surface area contributed by atoms with Crippen LogP contribution in [0.2, 0.25) is 0 Å². The third-order valence-corrected chi connectivity index (χ3v) is 11.7. The maximum absolute atomic E-state index is 2.48. The number of benzene rings is 8. The number of rotatable bonds is 4. The van der Waals surface area contributed by atoms with E-state index < -0.39 is 0 Å².